The molecule has 1 N–H and O–H groups in total. The van der Waals surface area contributed by atoms with Crippen LogP contribution in [0.25, 0.3) is 0 Å². The van der Waals surface area contributed by atoms with Gasteiger partial charge in [0, 0.05) is 45.1 Å². The Kier molecular flexibility index (Phi) is 7.27. The van der Waals surface area contributed by atoms with Gasteiger partial charge < -0.3 is 19.9 Å². The van der Waals surface area contributed by atoms with Gasteiger partial charge in [0.2, 0.25) is 0 Å². The van der Waals surface area contributed by atoms with Gasteiger partial charge in [-0.2, -0.15) is 5.26 Å². The van der Waals surface area contributed by atoms with E-state index in [-0.39, 0.29) is 0 Å². The molecule has 0 aliphatic carbocycles. The van der Waals surface area contributed by atoms with E-state index in [1.165, 1.54) is 50.8 Å². The average molecular weight is 461 g/mol. The van der Waals surface area contributed by atoms with Gasteiger partial charge >= 0.3 is 0 Å². The van der Waals surface area contributed by atoms with Gasteiger partial charge in [-0.15, -0.1) is 0 Å². The van der Waals surface area contributed by atoms with E-state index in [0.717, 1.165) is 55.2 Å². The van der Waals surface area contributed by atoms with Crippen molar-refractivity contribution in [1.29, 1.82) is 5.26 Å². The molecule has 3 aliphatic heterocycles. The van der Waals surface area contributed by atoms with Crippen LogP contribution in [0, 0.1) is 17.2 Å². The highest BCUT2D eigenvalue weighted by Gasteiger charge is 2.29. The van der Waals surface area contributed by atoms with E-state index in [2.05, 4.69) is 45.2 Å². The van der Waals surface area contributed by atoms with E-state index in [9.17, 15) is 0 Å². The normalized spacial score (nSPS) is 23.8. The summed E-state index contributed by atoms with van der Waals surface area (Å²) in [6, 6.07) is 11.1. The maximum atomic E-state index is 9.05. The van der Waals surface area contributed by atoms with Crippen LogP contribution in [0.2, 0.25) is 0 Å². The number of rotatable bonds is 7. The molecule has 34 heavy (non-hydrogen) atoms. The van der Waals surface area contributed by atoms with Gasteiger partial charge in [0.15, 0.2) is 0 Å². The number of nitrogens with zero attached hydrogens (tertiary/aromatic N) is 5. The molecule has 0 bridgehead atoms. The minimum atomic E-state index is 0.381. The summed E-state index contributed by atoms with van der Waals surface area (Å²) in [4.78, 5) is 14.6. The maximum Gasteiger partial charge on any atom is 0.134 e. The monoisotopic (exact) mass is 460 g/mol. The predicted octanol–water partition coefficient (Wildman–Crippen LogP) is 4.49. The molecule has 7 nitrogen and oxygen atoms in total. The largest absolute Gasteiger partial charge is 0.381 e. The first-order chi connectivity index (χ1) is 16.7. The summed E-state index contributed by atoms with van der Waals surface area (Å²) < 4.78 is 5.55. The van der Waals surface area contributed by atoms with Gasteiger partial charge in [0.25, 0.3) is 0 Å². The highest BCUT2D eigenvalue weighted by Crippen LogP contribution is 2.34. The Balaban J connectivity index is 1.36. The van der Waals surface area contributed by atoms with Crippen LogP contribution in [-0.2, 0) is 11.2 Å². The fourth-order valence-electron chi connectivity index (χ4n) is 5.70. The Hall–Kier alpha value is -2.69. The van der Waals surface area contributed by atoms with Crippen molar-refractivity contribution in [2.24, 2.45) is 5.92 Å². The third kappa shape index (κ3) is 5.51. The first-order valence-electron chi connectivity index (χ1n) is 12.9. The molecule has 2 aromatic rings. The van der Waals surface area contributed by atoms with E-state index >= 15 is 0 Å². The van der Waals surface area contributed by atoms with Crippen LogP contribution in [0.5, 0.6) is 0 Å². The lowest BCUT2D eigenvalue weighted by Gasteiger charge is -2.27. The van der Waals surface area contributed by atoms with Crippen molar-refractivity contribution in [3.8, 4) is 6.07 Å². The molecule has 180 valence electrons. The van der Waals surface area contributed by atoms with Crippen molar-refractivity contribution in [3.63, 3.8) is 0 Å². The molecule has 2 atom stereocenters. The lowest BCUT2D eigenvalue weighted by molar-refractivity contribution is 0.0553. The van der Waals surface area contributed by atoms with Crippen molar-refractivity contribution in [1.82, 2.24) is 14.9 Å². The van der Waals surface area contributed by atoms with E-state index in [4.69, 9.17) is 15.0 Å². The molecule has 0 aromatic carbocycles. The number of hydrogen-bond acceptors (Lipinski definition) is 7. The molecule has 2 aromatic heterocycles. The molecular weight excluding hydrogens is 424 g/mol. The van der Waals surface area contributed by atoms with Crippen molar-refractivity contribution in [2.75, 3.05) is 49.6 Å². The molecule has 3 saturated heterocycles. The van der Waals surface area contributed by atoms with Crippen LogP contribution >= 0.6 is 0 Å². The summed E-state index contributed by atoms with van der Waals surface area (Å²) in [5, 5.41) is 12.5. The van der Waals surface area contributed by atoms with Crippen LogP contribution in [0.15, 0.2) is 30.5 Å². The van der Waals surface area contributed by atoms with E-state index < -0.39 is 0 Å². The van der Waals surface area contributed by atoms with Crippen LogP contribution in [-0.4, -0.2) is 60.3 Å². The number of ether oxygens (including phenoxy) is 1. The van der Waals surface area contributed by atoms with Gasteiger partial charge in [0.05, 0.1) is 12.5 Å². The SMILES string of the molecule is CC1CCCN1c1cc(C2CCN(CC3CCOCC3)C2)cc(Nc2cc(CC#N)ccn2)n1. The quantitative estimate of drug-likeness (QED) is 0.652. The number of nitriles is 1. The average Bonchev–Trinajstić information content (AvgIpc) is 3.49. The number of hydrogen-bond donors (Lipinski definition) is 1. The summed E-state index contributed by atoms with van der Waals surface area (Å²) in [7, 11) is 0. The number of anilines is 3. The summed E-state index contributed by atoms with van der Waals surface area (Å²) in [5.74, 6) is 3.95. The van der Waals surface area contributed by atoms with Gasteiger partial charge in [-0.1, -0.05) is 0 Å². The second-order valence-electron chi connectivity index (χ2n) is 10.1. The summed E-state index contributed by atoms with van der Waals surface area (Å²) in [6.45, 7) is 8.68. The van der Waals surface area contributed by atoms with Crippen LogP contribution in [0.3, 0.4) is 0 Å². The zero-order valence-electron chi connectivity index (χ0n) is 20.2. The van der Waals surface area contributed by atoms with Gasteiger partial charge in [-0.05, 0) is 92.8 Å². The highest BCUT2D eigenvalue weighted by molar-refractivity contribution is 5.59. The molecule has 7 heteroatoms. The van der Waals surface area contributed by atoms with Crippen LogP contribution in [0.4, 0.5) is 17.5 Å². The number of likely N-dealkylation sites (tertiary alicyclic amines) is 1. The number of aromatic nitrogens is 2. The first-order valence-corrected chi connectivity index (χ1v) is 12.9. The minimum Gasteiger partial charge on any atom is -0.381 e. The highest BCUT2D eigenvalue weighted by atomic mass is 16.5. The Bertz CT molecular complexity index is 1010. The third-order valence-electron chi connectivity index (χ3n) is 7.65. The minimum absolute atomic E-state index is 0.381. The van der Waals surface area contributed by atoms with Crippen LogP contribution in [0.1, 0.15) is 56.1 Å². The third-order valence-corrected chi connectivity index (χ3v) is 7.65. The van der Waals surface area contributed by atoms with Crippen molar-refractivity contribution >= 4 is 17.5 Å². The fraction of sp³-hybridized carbons (Fsp3) is 0.593. The number of nitrogens with one attached hydrogen (secondary N) is 1. The molecule has 5 rings (SSSR count). The maximum absolute atomic E-state index is 9.05. The predicted molar refractivity (Wildman–Crippen MR) is 134 cm³/mol. The van der Waals surface area contributed by atoms with Gasteiger partial charge in [-0.25, -0.2) is 9.97 Å². The summed E-state index contributed by atoms with van der Waals surface area (Å²) in [6.07, 6.45) is 8.15. The van der Waals surface area contributed by atoms with Crippen molar-refractivity contribution in [2.45, 2.75) is 57.4 Å². The molecule has 0 saturated carbocycles. The second-order valence-corrected chi connectivity index (χ2v) is 10.1. The molecular formula is C27H36N6O. The van der Waals surface area contributed by atoms with Crippen molar-refractivity contribution < 1.29 is 4.74 Å². The van der Waals surface area contributed by atoms with E-state index in [0.29, 0.717) is 18.4 Å². The zero-order chi connectivity index (χ0) is 23.3. The molecule has 0 amide bonds. The van der Waals surface area contributed by atoms with E-state index in [1.54, 1.807) is 6.20 Å². The molecule has 2 unspecified atom stereocenters. The Labute approximate surface area is 203 Å². The van der Waals surface area contributed by atoms with Crippen molar-refractivity contribution in [3.05, 3.63) is 41.6 Å². The Morgan fingerprint density at radius 2 is 2.00 bits per heavy atom. The Morgan fingerprint density at radius 1 is 1.12 bits per heavy atom. The molecule has 3 aliphatic rings. The molecule has 0 spiro atoms. The van der Waals surface area contributed by atoms with E-state index in [1.807, 2.05) is 12.1 Å². The summed E-state index contributed by atoms with van der Waals surface area (Å²) in [5.41, 5.74) is 2.33. The summed E-state index contributed by atoms with van der Waals surface area (Å²) >= 11 is 0. The zero-order valence-corrected chi connectivity index (χ0v) is 20.2. The standard InChI is InChI=1S/C27H36N6O/c1-20-3-2-11-33(20)27-17-24(23-6-12-32(19-23)18-22-7-13-34-14-8-22)16-26(31-27)30-25-15-21(4-9-28)5-10-29-25/h5,10,15-17,20,22-23H,2-4,6-8,11-14,18-19H2,1H3,(H,29,30,31). The second kappa shape index (κ2) is 10.7. The molecule has 5 heterocycles. The van der Waals surface area contributed by atoms with Crippen LogP contribution < -0.4 is 10.2 Å². The van der Waals surface area contributed by atoms with Gasteiger partial charge in [-0.3, -0.25) is 0 Å². The molecule has 3 fully saturated rings. The van der Waals surface area contributed by atoms with Gasteiger partial charge in [0.1, 0.15) is 17.5 Å². The fourth-order valence-corrected chi connectivity index (χ4v) is 5.70. The Morgan fingerprint density at radius 3 is 2.79 bits per heavy atom. The lowest BCUT2D eigenvalue weighted by Crippen LogP contribution is -2.31. The molecule has 0 radical (unpaired) electrons. The topological polar surface area (TPSA) is 77.3 Å². The lowest BCUT2D eigenvalue weighted by atomic mass is 9.98. The first kappa shape index (κ1) is 23.1. The number of pyridine rings is 2. The smallest absolute Gasteiger partial charge is 0.134 e.